The molecule has 1 heterocycles. The number of terminal acetylenes is 1. The van der Waals surface area contributed by atoms with E-state index in [1.807, 2.05) is 44.3 Å². The van der Waals surface area contributed by atoms with Crippen LogP contribution in [0.4, 0.5) is 8.78 Å². The quantitative estimate of drug-likeness (QED) is 0.648. The van der Waals surface area contributed by atoms with Gasteiger partial charge >= 0.3 is 0 Å². The second kappa shape index (κ2) is 5.51. The minimum Gasteiger partial charge on any atom is -0.262 e. The topological polar surface area (TPSA) is 17.8 Å². The lowest BCUT2D eigenvalue weighted by atomic mass is 9.81. The highest BCUT2D eigenvalue weighted by Gasteiger charge is 2.34. The predicted octanol–water partition coefficient (Wildman–Crippen LogP) is 4.56. The fraction of sp³-hybridized carbons (Fsp3) is 0.211. The van der Waals surface area contributed by atoms with Gasteiger partial charge in [0.15, 0.2) is 0 Å². The average molecular weight is 310 g/mol. The van der Waals surface area contributed by atoms with Crippen LogP contribution in [0.5, 0.6) is 0 Å². The van der Waals surface area contributed by atoms with Gasteiger partial charge in [-0.25, -0.2) is 8.78 Å². The van der Waals surface area contributed by atoms with E-state index in [-0.39, 0.29) is 5.56 Å². The van der Waals surface area contributed by atoms with Crippen molar-refractivity contribution in [2.24, 2.45) is 5.41 Å². The molecule has 0 aliphatic carbocycles. The molecule has 3 rings (SSSR count). The van der Waals surface area contributed by atoms with Gasteiger partial charge in [0.05, 0.1) is 17.0 Å². The fourth-order valence-electron chi connectivity index (χ4n) is 2.78. The van der Waals surface area contributed by atoms with Crippen molar-refractivity contribution in [2.75, 3.05) is 0 Å². The van der Waals surface area contributed by atoms with Crippen LogP contribution >= 0.6 is 0 Å². The SMILES string of the molecule is C#CC(C)(C)C(c1cc(F)ccc1F)n1cc2ccccc2n1. The monoisotopic (exact) mass is 310 g/mol. The van der Waals surface area contributed by atoms with Gasteiger partial charge in [-0.2, -0.15) is 5.10 Å². The summed E-state index contributed by atoms with van der Waals surface area (Å²) in [6.45, 7) is 3.63. The van der Waals surface area contributed by atoms with Crippen molar-refractivity contribution in [3.05, 3.63) is 65.9 Å². The van der Waals surface area contributed by atoms with Crippen molar-refractivity contribution in [2.45, 2.75) is 19.9 Å². The second-order valence-corrected chi connectivity index (χ2v) is 6.10. The first kappa shape index (κ1) is 15.2. The maximum absolute atomic E-state index is 14.4. The summed E-state index contributed by atoms with van der Waals surface area (Å²) < 4.78 is 29.7. The number of hydrogen-bond acceptors (Lipinski definition) is 1. The van der Waals surface area contributed by atoms with Crippen LogP contribution in [0.25, 0.3) is 10.9 Å². The molecule has 1 aromatic heterocycles. The summed E-state index contributed by atoms with van der Waals surface area (Å²) in [5.74, 6) is 1.68. The zero-order valence-electron chi connectivity index (χ0n) is 12.9. The molecule has 1 atom stereocenters. The molecular formula is C19H16F2N2. The minimum absolute atomic E-state index is 0.195. The van der Waals surface area contributed by atoms with Gasteiger partial charge in [0.25, 0.3) is 0 Å². The van der Waals surface area contributed by atoms with Crippen molar-refractivity contribution in [1.29, 1.82) is 0 Å². The van der Waals surface area contributed by atoms with Crippen LogP contribution in [-0.2, 0) is 0 Å². The molecule has 23 heavy (non-hydrogen) atoms. The van der Waals surface area contributed by atoms with E-state index >= 15 is 0 Å². The molecule has 4 heteroatoms. The summed E-state index contributed by atoms with van der Waals surface area (Å²) in [6.07, 6.45) is 7.47. The Labute approximate surface area is 133 Å². The number of rotatable bonds is 3. The molecule has 116 valence electrons. The molecule has 0 radical (unpaired) electrons. The van der Waals surface area contributed by atoms with Crippen LogP contribution in [0.1, 0.15) is 25.5 Å². The molecule has 0 fully saturated rings. The van der Waals surface area contributed by atoms with Crippen LogP contribution in [0.2, 0.25) is 0 Å². The normalized spacial score (nSPS) is 13.0. The lowest BCUT2D eigenvalue weighted by Crippen LogP contribution is -2.28. The van der Waals surface area contributed by atoms with Gasteiger partial charge < -0.3 is 0 Å². The molecule has 0 aliphatic rings. The highest BCUT2D eigenvalue weighted by atomic mass is 19.1. The van der Waals surface area contributed by atoms with E-state index in [0.29, 0.717) is 0 Å². The first-order valence-corrected chi connectivity index (χ1v) is 7.29. The van der Waals surface area contributed by atoms with Crippen LogP contribution in [0.3, 0.4) is 0 Å². The number of benzene rings is 2. The van der Waals surface area contributed by atoms with E-state index in [0.717, 1.165) is 23.0 Å². The summed E-state index contributed by atoms with van der Waals surface area (Å²) >= 11 is 0. The summed E-state index contributed by atoms with van der Waals surface area (Å²) in [7, 11) is 0. The molecule has 0 saturated carbocycles. The Kier molecular flexibility index (Phi) is 3.65. The smallest absolute Gasteiger partial charge is 0.128 e. The molecular weight excluding hydrogens is 294 g/mol. The lowest BCUT2D eigenvalue weighted by Gasteiger charge is -2.30. The maximum atomic E-state index is 14.4. The lowest BCUT2D eigenvalue weighted by molar-refractivity contribution is 0.312. The highest BCUT2D eigenvalue weighted by Crippen LogP contribution is 2.38. The summed E-state index contributed by atoms with van der Waals surface area (Å²) in [5, 5.41) is 5.43. The van der Waals surface area contributed by atoms with E-state index in [1.54, 1.807) is 4.68 Å². The number of hydrogen-bond donors (Lipinski definition) is 0. The largest absolute Gasteiger partial charge is 0.262 e. The molecule has 0 N–H and O–H groups in total. The molecule has 0 bridgehead atoms. The van der Waals surface area contributed by atoms with E-state index in [2.05, 4.69) is 11.0 Å². The van der Waals surface area contributed by atoms with E-state index in [9.17, 15) is 8.78 Å². The summed E-state index contributed by atoms with van der Waals surface area (Å²) in [6, 6.07) is 10.4. The zero-order chi connectivity index (χ0) is 16.6. The fourth-order valence-corrected chi connectivity index (χ4v) is 2.78. The van der Waals surface area contributed by atoms with Crippen LogP contribution in [0, 0.1) is 29.4 Å². The first-order valence-electron chi connectivity index (χ1n) is 7.29. The van der Waals surface area contributed by atoms with Crippen LogP contribution in [-0.4, -0.2) is 9.78 Å². The van der Waals surface area contributed by atoms with E-state index in [1.165, 1.54) is 6.07 Å². The van der Waals surface area contributed by atoms with Gasteiger partial charge in [-0.3, -0.25) is 4.68 Å². The molecule has 2 aromatic carbocycles. The van der Waals surface area contributed by atoms with Crippen molar-refractivity contribution < 1.29 is 8.78 Å². The van der Waals surface area contributed by atoms with Gasteiger partial charge in [-0.05, 0) is 38.1 Å². The van der Waals surface area contributed by atoms with Gasteiger partial charge in [-0.15, -0.1) is 6.42 Å². The molecule has 1 unspecified atom stereocenters. The second-order valence-electron chi connectivity index (χ2n) is 6.10. The number of halogens is 2. The van der Waals surface area contributed by atoms with Gasteiger partial charge in [-0.1, -0.05) is 24.1 Å². The highest BCUT2D eigenvalue weighted by molar-refractivity contribution is 5.77. The van der Waals surface area contributed by atoms with Crippen molar-refractivity contribution in [3.8, 4) is 12.3 Å². The number of nitrogens with zero attached hydrogens (tertiary/aromatic N) is 2. The predicted molar refractivity (Wildman–Crippen MR) is 86.8 cm³/mol. The van der Waals surface area contributed by atoms with Crippen LogP contribution < -0.4 is 0 Å². The third-order valence-corrected chi connectivity index (χ3v) is 4.00. The Bertz CT molecular complexity index is 870. The third-order valence-electron chi connectivity index (χ3n) is 4.00. The van der Waals surface area contributed by atoms with Crippen molar-refractivity contribution in [1.82, 2.24) is 9.78 Å². The Hall–Kier alpha value is -2.67. The molecule has 0 amide bonds. The van der Waals surface area contributed by atoms with Gasteiger partial charge in [0.2, 0.25) is 0 Å². The summed E-state index contributed by atoms with van der Waals surface area (Å²) in [4.78, 5) is 0. The Balaban J connectivity index is 2.24. The van der Waals surface area contributed by atoms with Crippen molar-refractivity contribution in [3.63, 3.8) is 0 Å². The van der Waals surface area contributed by atoms with Crippen LogP contribution in [0.15, 0.2) is 48.7 Å². The average Bonchev–Trinajstić information content (AvgIpc) is 2.94. The maximum Gasteiger partial charge on any atom is 0.128 e. The minimum atomic E-state index is -0.753. The molecule has 3 aromatic rings. The number of fused-ring (bicyclic) bond motifs is 1. The Morgan fingerprint density at radius 1 is 1.17 bits per heavy atom. The van der Waals surface area contributed by atoms with Gasteiger partial charge in [0.1, 0.15) is 11.6 Å². The summed E-state index contributed by atoms with van der Waals surface area (Å²) in [5.41, 5.74) is 0.222. The van der Waals surface area contributed by atoms with E-state index < -0.39 is 23.1 Å². The zero-order valence-corrected chi connectivity index (χ0v) is 12.9. The molecule has 0 aliphatic heterocycles. The Morgan fingerprint density at radius 2 is 1.91 bits per heavy atom. The van der Waals surface area contributed by atoms with Gasteiger partial charge in [0, 0.05) is 17.1 Å². The Morgan fingerprint density at radius 3 is 2.61 bits per heavy atom. The third kappa shape index (κ3) is 2.70. The van der Waals surface area contributed by atoms with Crippen molar-refractivity contribution >= 4 is 10.9 Å². The molecule has 2 nitrogen and oxygen atoms in total. The first-order chi connectivity index (χ1) is 10.9. The molecule has 0 spiro atoms. The molecule has 0 saturated heterocycles. The van der Waals surface area contributed by atoms with E-state index in [4.69, 9.17) is 6.42 Å². The number of aromatic nitrogens is 2. The standard InChI is InChI=1S/C19H16F2N2/c1-4-19(2,3)18(15-11-14(20)9-10-16(15)21)23-12-13-7-5-6-8-17(13)22-23/h1,5-12,18H,2-3H3.